The van der Waals surface area contributed by atoms with E-state index in [2.05, 4.69) is 20.6 Å². The van der Waals surface area contributed by atoms with E-state index in [1.54, 1.807) is 31.3 Å². The maximum Gasteiger partial charge on any atom is 0.323 e. The number of urea groups is 1. The summed E-state index contributed by atoms with van der Waals surface area (Å²) in [5.74, 6) is -1.78. The van der Waals surface area contributed by atoms with Crippen molar-refractivity contribution in [3.63, 3.8) is 0 Å². The molecule has 154 valence electrons. The van der Waals surface area contributed by atoms with Crippen molar-refractivity contribution in [2.45, 2.75) is 6.92 Å². The van der Waals surface area contributed by atoms with Crippen LogP contribution in [0.15, 0.2) is 66.9 Å². The third kappa shape index (κ3) is 4.53. The average Bonchev–Trinajstić information content (AvgIpc) is 2.74. The molecule has 2 N–H and O–H groups in total. The van der Waals surface area contributed by atoms with Gasteiger partial charge in [0.05, 0.1) is 22.3 Å². The Bertz CT molecular complexity index is 1320. The highest BCUT2D eigenvalue weighted by molar-refractivity contribution is 6.11. The molecular weight excluding hydrogens is 402 g/mol. The molecule has 1 aromatic heterocycles. The van der Waals surface area contributed by atoms with Crippen LogP contribution in [0.3, 0.4) is 0 Å². The number of halogens is 2. The molecule has 0 bridgehead atoms. The lowest BCUT2D eigenvalue weighted by atomic mass is 10.0. The van der Waals surface area contributed by atoms with Gasteiger partial charge in [0.2, 0.25) is 0 Å². The van der Waals surface area contributed by atoms with Crippen LogP contribution in [0.25, 0.3) is 11.0 Å². The number of benzene rings is 3. The van der Waals surface area contributed by atoms with Gasteiger partial charge in [0.1, 0.15) is 11.6 Å². The van der Waals surface area contributed by atoms with Crippen molar-refractivity contribution >= 4 is 34.2 Å². The summed E-state index contributed by atoms with van der Waals surface area (Å²) in [5, 5.41) is 4.97. The van der Waals surface area contributed by atoms with Gasteiger partial charge < -0.3 is 10.6 Å². The highest BCUT2D eigenvalue weighted by Gasteiger charge is 2.16. The predicted octanol–water partition coefficient (Wildman–Crippen LogP) is 5.09. The van der Waals surface area contributed by atoms with Crippen LogP contribution in [0.2, 0.25) is 0 Å². The summed E-state index contributed by atoms with van der Waals surface area (Å²) in [7, 11) is 0. The van der Waals surface area contributed by atoms with Crippen LogP contribution in [0, 0.1) is 18.6 Å². The van der Waals surface area contributed by atoms with Gasteiger partial charge in [0, 0.05) is 23.1 Å². The second-order valence-corrected chi connectivity index (χ2v) is 6.83. The van der Waals surface area contributed by atoms with Crippen LogP contribution in [0.5, 0.6) is 0 Å². The number of aromatic nitrogens is 2. The first-order valence-corrected chi connectivity index (χ1v) is 9.30. The van der Waals surface area contributed by atoms with Gasteiger partial charge >= 0.3 is 6.03 Å². The Morgan fingerprint density at radius 1 is 0.871 bits per heavy atom. The molecule has 0 spiro atoms. The lowest BCUT2D eigenvalue weighted by molar-refractivity contribution is 0.103. The number of hydrogen-bond donors (Lipinski definition) is 2. The fraction of sp³-hybridized carbons (Fsp3) is 0.0435. The van der Waals surface area contributed by atoms with Gasteiger partial charge in [0.25, 0.3) is 0 Å². The van der Waals surface area contributed by atoms with E-state index >= 15 is 0 Å². The van der Waals surface area contributed by atoms with Gasteiger partial charge in [-0.3, -0.25) is 9.78 Å². The van der Waals surface area contributed by atoms with Crippen LogP contribution in [-0.4, -0.2) is 21.8 Å². The van der Waals surface area contributed by atoms with Crippen LogP contribution >= 0.6 is 0 Å². The maximum atomic E-state index is 14.4. The molecule has 0 fully saturated rings. The third-order valence-electron chi connectivity index (χ3n) is 4.48. The Morgan fingerprint density at radius 3 is 2.42 bits per heavy atom. The smallest absolute Gasteiger partial charge is 0.308 e. The first-order chi connectivity index (χ1) is 14.9. The van der Waals surface area contributed by atoms with E-state index in [9.17, 15) is 18.4 Å². The van der Waals surface area contributed by atoms with Crippen LogP contribution < -0.4 is 10.6 Å². The fourth-order valence-electron chi connectivity index (χ4n) is 3.04. The van der Waals surface area contributed by atoms with E-state index < -0.39 is 23.4 Å². The number of aryl methyl sites for hydroxylation is 1. The van der Waals surface area contributed by atoms with Crippen molar-refractivity contribution in [2.24, 2.45) is 0 Å². The zero-order valence-corrected chi connectivity index (χ0v) is 16.3. The molecule has 8 heteroatoms. The summed E-state index contributed by atoms with van der Waals surface area (Å²) in [6, 6.07) is 13.1. The lowest BCUT2D eigenvalue weighted by Crippen LogP contribution is -2.20. The Labute approximate surface area is 176 Å². The van der Waals surface area contributed by atoms with Crippen molar-refractivity contribution in [2.75, 3.05) is 10.6 Å². The Morgan fingerprint density at radius 2 is 1.65 bits per heavy atom. The van der Waals surface area contributed by atoms with Crippen molar-refractivity contribution in [3.05, 3.63) is 95.3 Å². The zero-order valence-electron chi connectivity index (χ0n) is 16.3. The van der Waals surface area contributed by atoms with Crippen molar-refractivity contribution in [3.8, 4) is 0 Å². The van der Waals surface area contributed by atoms with Crippen LogP contribution in [0.1, 0.15) is 21.6 Å². The van der Waals surface area contributed by atoms with Gasteiger partial charge in [-0.25, -0.2) is 18.6 Å². The minimum absolute atomic E-state index is 0.204. The summed E-state index contributed by atoms with van der Waals surface area (Å²) in [4.78, 5) is 33.6. The quantitative estimate of drug-likeness (QED) is 0.452. The molecule has 0 unspecified atom stereocenters. The van der Waals surface area contributed by atoms with Crippen LogP contribution in [0.4, 0.5) is 25.0 Å². The summed E-state index contributed by atoms with van der Waals surface area (Å²) in [6.45, 7) is 1.78. The summed E-state index contributed by atoms with van der Waals surface area (Å²) in [5.41, 5.74) is 2.33. The number of nitrogens with zero attached hydrogens (tertiary/aromatic N) is 2. The lowest BCUT2D eigenvalue weighted by Gasteiger charge is -2.10. The van der Waals surface area contributed by atoms with E-state index in [1.165, 1.54) is 30.3 Å². The van der Waals surface area contributed by atoms with Gasteiger partial charge in [0.15, 0.2) is 5.78 Å². The van der Waals surface area contributed by atoms with E-state index in [4.69, 9.17) is 0 Å². The van der Waals surface area contributed by atoms with Crippen molar-refractivity contribution in [1.82, 2.24) is 9.97 Å². The minimum atomic E-state index is -0.725. The first kappa shape index (κ1) is 20.1. The first-order valence-electron chi connectivity index (χ1n) is 9.30. The molecule has 4 rings (SSSR count). The highest BCUT2D eigenvalue weighted by atomic mass is 19.1. The molecule has 0 radical (unpaired) electrons. The predicted molar refractivity (Wildman–Crippen MR) is 113 cm³/mol. The zero-order chi connectivity index (χ0) is 22.0. The van der Waals surface area contributed by atoms with E-state index in [-0.39, 0.29) is 22.5 Å². The van der Waals surface area contributed by atoms with Crippen molar-refractivity contribution in [1.29, 1.82) is 0 Å². The topological polar surface area (TPSA) is 84.0 Å². The third-order valence-corrected chi connectivity index (χ3v) is 4.48. The summed E-state index contributed by atoms with van der Waals surface area (Å²) < 4.78 is 27.6. The number of amides is 2. The van der Waals surface area contributed by atoms with Crippen LogP contribution in [-0.2, 0) is 0 Å². The van der Waals surface area contributed by atoms with E-state index in [1.807, 2.05) is 0 Å². The molecule has 6 nitrogen and oxygen atoms in total. The molecule has 0 aliphatic heterocycles. The molecule has 0 aliphatic rings. The van der Waals surface area contributed by atoms with Gasteiger partial charge in [-0.1, -0.05) is 6.07 Å². The van der Waals surface area contributed by atoms with E-state index in [0.717, 1.165) is 12.1 Å². The largest absolute Gasteiger partial charge is 0.323 e. The summed E-state index contributed by atoms with van der Waals surface area (Å²) in [6.07, 6.45) is 1.62. The highest BCUT2D eigenvalue weighted by Crippen LogP contribution is 2.21. The summed E-state index contributed by atoms with van der Waals surface area (Å²) >= 11 is 0. The second kappa shape index (κ2) is 8.27. The normalized spacial score (nSPS) is 10.7. The number of ketones is 1. The van der Waals surface area contributed by atoms with Gasteiger partial charge in [-0.2, -0.15) is 0 Å². The standard InChI is InChI=1S/C23H16F2N4O2/c1-13-12-26-20-8-5-14(9-21(20)27-13)22(30)18-11-17(6-7-19(18)25)29-23(31)28-16-4-2-3-15(24)10-16/h2-12H,1H3,(H2,28,29,31). The molecule has 1 heterocycles. The number of anilines is 2. The molecule has 31 heavy (non-hydrogen) atoms. The maximum absolute atomic E-state index is 14.4. The Balaban J connectivity index is 1.57. The molecule has 0 aliphatic carbocycles. The molecule has 3 aromatic carbocycles. The number of carbonyl (C=O) groups excluding carboxylic acids is 2. The number of carbonyl (C=O) groups is 2. The minimum Gasteiger partial charge on any atom is -0.308 e. The number of rotatable bonds is 4. The SMILES string of the molecule is Cc1cnc2ccc(C(=O)c3cc(NC(=O)Nc4cccc(F)c4)ccc3F)cc2n1. The molecule has 0 atom stereocenters. The average molecular weight is 418 g/mol. The molecular formula is C23H16F2N4O2. The van der Waals surface area contributed by atoms with Crippen molar-refractivity contribution < 1.29 is 18.4 Å². The molecule has 0 saturated heterocycles. The van der Waals surface area contributed by atoms with Gasteiger partial charge in [-0.15, -0.1) is 0 Å². The monoisotopic (exact) mass is 418 g/mol. The van der Waals surface area contributed by atoms with E-state index in [0.29, 0.717) is 16.7 Å². The second-order valence-electron chi connectivity index (χ2n) is 6.83. The number of hydrogen-bond acceptors (Lipinski definition) is 4. The molecule has 0 saturated carbocycles. The Kier molecular flexibility index (Phi) is 5.36. The molecule has 2 amide bonds. The number of nitrogens with one attached hydrogen (secondary N) is 2. The molecule has 4 aromatic rings. The number of fused-ring (bicyclic) bond motifs is 1. The Hall–Kier alpha value is -4.20. The van der Waals surface area contributed by atoms with Gasteiger partial charge in [-0.05, 0) is 61.5 Å². The fourth-order valence-corrected chi connectivity index (χ4v) is 3.04.